The van der Waals surface area contributed by atoms with E-state index in [-0.39, 0.29) is 0 Å². The minimum absolute atomic E-state index is 0.296. The van der Waals surface area contributed by atoms with Crippen LogP contribution in [0.2, 0.25) is 6.04 Å². The molecule has 0 saturated heterocycles. The lowest BCUT2D eigenvalue weighted by molar-refractivity contribution is 0.0692. The summed E-state index contributed by atoms with van der Waals surface area (Å²) in [6, 6.07) is 1.08. The zero-order valence-corrected chi connectivity index (χ0v) is 12.6. The lowest BCUT2D eigenvalue weighted by atomic mass is 10.4. The Kier molecular flexibility index (Phi) is 9.67. The quantitative estimate of drug-likeness (QED) is 0.457. The fraction of sp³-hybridized carbons (Fsp3) is 0.833. The summed E-state index contributed by atoms with van der Waals surface area (Å²) in [7, 11) is -2.51. The van der Waals surface area contributed by atoms with E-state index in [0.717, 1.165) is 12.6 Å². The van der Waals surface area contributed by atoms with Gasteiger partial charge in [-0.15, -0.1) is 6.58 Å². The van der Waals surface area contributed by atoms with Gasteiger partial charge in [-0.25, -0.2) is 0 Å². The maximum atomic E-state index is 5.79. The van der Waals surface area contributed by atoms with Gasteiger partial charge in [0.05, 0.1) is 0 Å². The van der Waals surface area contributed by atoms with Gasteiger partial charge in [-0.2, -0.15) is 0 Å². The summed E-state index contributed by atoms with van der Waals surface area (Å²) < 4.78 is 17.4. The molecular formula is C12H27NO3Si. The molecule has 0 aromatic heterocycles. The second kappa shape index (κ2) is 9.79. The van der Waals surface area contributed by atoms with Gasteiger partial charge in [-0.1, -0.05) is 6.08 Å². The first kappa shape index (κ1) is 16.8. The number of hydrogen-bond acceptors (Lipinski definition) is 4. The van der Waals surface area contributed by atoms with Crippen LogP contribution in [-0.2, 0) is 13.3 Å². The van der Waals surface area contributed by atoms with Crippen molar-refractivity contribution in [2.45, 2.75) is 39.8 Å². The lowest BCUT2D eigenvalue weighted by Gasteiger charge is -2.30. The summed E-state index contributed by atoms with van der Waals surface area (Å²) in [4.78, 5) is 0. The molecule has 0 aliphatic heterocycles. The van der Waals surface area contributed by atoms with Crippen molar-refractivity contribution in [3.63, 3.8) is 0 Å². The molecular weight excluding hydrogens is 234 g/mol. The summed E-state index contributed by atoms with van der Waals surface area (Å²) in [6.07, 6.45) is 1.85. The Balaban J connectivity index is 4.45. The summed E-state index contributed by atoms with van der Waals surface area (Å²) in [5.41, 5.74) is 0. The minimum atomic E-state index is -2.51. The molecule has 0 aromatic rings. The molecule has 1 atom stereocenters. The fourth-order valence-corrected chi connectivity index (χ4v) is 4.51. The predicted octanol–water partition coefficient (Wildman–Crippen LogP) is 2.20. The smallest absolute Gasteiger partial charge is 0.374 e. The van der Waals surface area contributed by atoms with E-state index in [0.29, 0.717) is 25.9 Å². The SMILES string of the molecule is C=CCNC(C)C[Si](OCC)(OCC)OCC. The normalized spacial score (nSPS) is 13.6. The van der Waals surface area contributed by atoms with Crippen molar-refractivity contribution in [1.29, 1.82) is 0 Å². The third kappa shape index (κ3) is 6.95. The monoisotopic (exact) mass is 261 g/mol. The highest BCUT2D eigenvalue weighted by molar-refractivity contribution is 6.60. The summed E-state index contributed by atoms with van der Waals surface area (Å²) in [5, 5.41) is 3.34. The molecule has 0 heterocycles. The molecule has 0 bridgehead atoms. The van der Waals surface area contributed by atoms with Crippen LogP contribution < -0.4 is 5.32 Å². The molecule has 0 rings (SSSR count). The van der Waals surface area contributed by atoms with Crippen molar-refractivity contribution < 1.29 is 13.3 Å². The van der Waals surface area contributed by atoms with Gasteiger partial charge >= 0.3 is 8.80 Å². The highest BCUT2D eigenvalue weighted by Crippen LogP contribution is 2.18. The summed E-state index contributed by atoms with van der Waals surface area (Å²) in [6.45, 7) is 14.4. The van der Waals surface area contributed by atoms with Crippen molar-refractivity contribution in [3.05, 3.63) is 12.7 Å². The second-order valence-corrected chi connectivity index (χ2v) is 6.42. The van der Waals surface area contributed by atoms with Crippen molar-refractivity contribution in [2.75, 3.05) is 26.4 Å². The van der Waals surface area contributed by atoms with E-state index in [1.807, 2.05) is 26.8 Å². The zero-order chi connectivity index (χ0) is 13.1. The zero-order valence-electron chi connectivity index (χ0n) is 11.6. The van der Waals surface area contributed by atoms with E-state index in [4.69, 9.17) is 13.3 Å². The first-order chi connectivity index (χ1) is 8.14. The Labute approximate surface area is 107 Å². The van der Waals surface area contributed by atoms with Gasteiger partial charge in [0.2, 0.25) is 0 Å². The number of nitrogens with one attached hydrogen (secondary N) is 1. The van der Waals surface area contributed by atoms with Crippen LogP contribution in [0.25, 0.3) is 0 Å². The van der Waals surface area contributed by atoms with Crippen LogP contribution in [0.5, 0.6) is 0 Å². The first-order valence-electron chi connectivity index (χ1n) is 6.40. The van der Waals surface area contributed by atoms with E-state index in [2.05, 4.69) is 18.8 Å². The lowest BCUT2D eigenvalue weighted by Crippen LogP contribution is -2.50. The van der Waals surface area contributed by atoms with Gasteiger partial charge in [-0.3, -0.25) is 0 Å². The van der Waals surface area contributed by atoms with Crippen molar-refractivity contribution in [1.82, 2.24) is 5.32 Å². The van der Waals surface area contributed by atoms with Crippen LogP contribution in [0.1, 0.15) is 27.7 Å². The van der Waals surface area contributed by atoms with Crippen LogP contribution in [0.3, 0.4) is 0 Å². The molecule has 5 heteroatoms. The molecule has 0 aliphatic carbocycles. The molecule has 17 heavy (non-hydrogen) atoms. The van der Waals surface area contributed by atoms with E-state index in [1.165, 1.54) is 0 Å². The van der Waals surface area contributed by atoms with E-state index >= 15 is 0 Å². The van der Waals surface area contributed by atoms with E-state index < -0.39 is 8.80 Å². The Morgan fingerprint density at radius 2 is 1.59 bits per heavy atom. The third-order valence-electron chi connectivity index (χ3n) is 2.26. The predicted molar refractivity (Wildman–Crippen MR) is 73.1 cm³/mol. The third-order valence-corrected chi connectivity index (χ3v) is 5.56. The second-order valence-electron chi connectivity index (χ2n) is 3.78. The summed E-state index contributed by atoms with van der Waals surface area (Å²) in [5.74, 6) is 0. The molecule has 1 unspecified atom stereocenters. The van der Waals surface area contributed by atoms with Gasteiger partial charge < -0.3 is 18.6 Å². The Bertz CT molecular complexity index is 185. The topological polar surface area (TPSA) is 39.7 Å². The van der Waals surface area contributed by atoms with Gasteiger partial charge in [0.15, 0.2) is 0 Å². The largest absolute Gasteiger partial charge is 0.502 e. The fourth-order valence-electron chi connectivity index (χ4n) is 1.69. The number of hydrogen-bond donors (Lipinski definition) is 1. The Hall–Kier alpha value is -0.203. The van der Waals surface area contributed by atoms with E-state index in [1.54, 1.807) is 0 Å². The van der Waals surface area contributed by atoms with Crippen molar-refractivity contribution >= 4 is 8.80 Å². The van der Waals surface area contributed by atoms with Crippen LogP contribution in [0.15, 0.2) is 12.7 Å². The highest BCUT2D eigenvalue weighted by atomic mass is 28.4. The first-order valence-corrected chi connectivity index (χ1v) is 8.33. The maximum absolute atomic E-state index is 5.79. The van der Waals surface area contributed by atoms with Crippen molar-refractivity contribution in [3.8, 4) is 0 Å². The molecule has 0 radical (unpaired) electrons. The molecule has 0 amide bonds. The Morgan fingerprint density at radius 1 is 1.12 bits per heavy atom. The van der Waals surface area contributed by atoms with E-state index in [9.17, 15) is 0 Å². The van der Waals surface area contributed by atoms with Gasteiger partial charge in [0.1, 0.15) is 0 Å². The Morgan fingerprint density at radius 3 is 1.94 bits per heavy atom. The molecule has 0 fully saturated rings. The average molecular weight is 261 g/mol. The molecule has 0 spiro atoms. The van der Waals surface area contributed by atoms with Gasteiger partial charge in [0, 0.05) is 38.5 Å². The van der Waals surface area contributed by atoms with Crippen LogP contribution >= 0.6 is 0 Å². The van der Waals surface area contributed by atoms with Crippen molar-refractivity contribution in [2.24, 2.45) is 0 Å². The summed E-state index contributed by atoms with van der Waals surface area (Å²) >= 11 is 0. The molecule has 1 N–H and O–H groups in total. The van der Waals surface area contributed by atoms with Crippen LogP contribution in [-0.4, -0.2) is 41.2 Å². The van der Waals surface area contributed by atoms with Gasteiger partial charge in [-0.05, 0) is 27.7 Å². The molecule has 0 saturated carbocycles. The highest BCUT2D eigenvalue weighted by Gasteiger charge is 2.41. The average Bonchev–Trinajstić information content (AvgIpc) is 2.27. The maximum Gasteiger partial charge on any atom is 0.502 e. The van der Waals surface area contributed by atoms with Crippen LogP contribution in [0, 0.1) is 0 Å². The molecule has 0 aromatic carbocycles. The molecule has 0 aliphatic rings. The van der Waals surface area contributed by atoms with Crippen LogP contribution in [0.4, 0.5) is 0 Å². The standard InChI is InChI=1S/C12H27NO3Si/c1-6-10-13-12(5)11-17(14-7-2,15-8-3)16-9-4/h6,12-13H,1,7-11H2,2-5H3. The molecule has 102 valence electrons. The molecule has 4 nitrogen and oxygen atoms in total. The number of rotatable bonds is 11. The minimum Gasteiger partial charge on any atom is -0.374 e. The van der Waals surface area contributed by atoms with Gasteiger partial charge in [0.25, 0.3) is 0 Å².